The number of anilines is 1. The number of ether oxygens (including phenoxy) is 2. The molecule has 1 amide bonds. The Bertz CT molecular complexity index is 1520. The third kappa shape index (κ3) is 8.82. The topological polar surface area (TPSA) is 103 Å². The van der Waals surface area contributed by atoms with Crippen molar-refractivity contribution in [3.8, 4) is 0 Å². The van der Waals surface area contributed by atoms with Crippen LogP contribution in [-0.2, 0) is 38.1 Å². The van der Waals surface area contributed by atoms with Crippen molar-refractivity contribution >= 4 is 29.2 Å². The van der Waals surface area contributed by atoms with Gasteiger partial charge in [0.05, 0.1) is 25.3 Å². The van der Waals surface area contributed by atoms with E-state index in [0.717, 1.165) is 18.1 Å². The van der Waals surface area contributed by atoms with Gasteiger partial charge in [-0.3, -0.25) is 4.79 Å². The van der Waals surface area contributed by atoms with Gasteiger partial charge in [0.25, 0.3) is 5.91 Å². The van der Waals surface area contributed by atoms with E-state index < -0.39 is 70.4 Å². The molecular weight excluding hydrogens is 629 g/mol. The summed E-state index contributed by atoms with van der Waals surface area (Å²) in [4.78, 5) is 41.4. The lowest BCUT2D eigenvalue weighted by molar-refractivity contribution is -0.143. The number of nitrogens with one attached hydrogen (secondary N) is 1. The summed E-state index contributed by atoms with van der Waals surface area (Å²) in [5.41, 5.74) is -2.85. The third-order valence-corrected chi connectivity index (χ3v) is 6.71. The minimum Gasteiger partial charge on any atom is -0.465 e. The Morgan fingerprint density at radius 2 is 1.15 bits per heavy atom. The Balaban J connectivity index is 1.77. The van der Waals surface area contributed by atoms with Crippen molar-refractivity contribution in [2.75, 3.05) is 19.5 Å². The summed E-state index contributed by atoms with van der Waals surface area (Å²) < 4.78 is 104. The Labute approximate surface area is 258 Å². The molecule has 3 aromatic rings. The molecule has 3 aromatic carbocycles. The van der Waals surface area contributed by atoms with Crippen LogP contribution in [0.2, 0.25) is 0 Å². The zero-order chi connectivity index (χ0) is 34.2. The molecule has 0 unspecified atom stereocenters. The summed E-state index contributed by atoms with van der Waals surface area (Å²) in [5, 5.41) is 5.17. The Hall–Kier alpha value is -4.95. The molecule has 0 aliphatic rings. The van der Waals surface area contributed by atoms with Gasteiger partial charge in [0.15, 0.2) is 23.3 Å². The van der Waals surface area contributed by atoms with Crippen LogP contribution >= 0.6 is 0 Å². The second-order valence-corrected chi connectivity index (χ2v) is 9.82. The highest BCUT2D eigenvalue weighted by molar-refractivity contribution is 6.42. The molecule has 3 rings (SSSR count). The number of halogens is 7. The lowest BCUT2D eigenvalue weighted by Crippen LogP contribution is -2.25. The summed E-state index contributed by atoms with van der Waals surface area (Å²) in [6, 6.07) is 13.1. The highest BCUT2D eigenvalue weighted by atomic mass is 19.4. The molecule has 0 aliphatic heterocycles. The van der Waals surface area contributed by atoms with Crippen LogP contribution in [-0.4, -0.2) is 43.9 Å². The zero-order valence-electron chi connectivity index (χ0n) is 24.6. The molecule has 0 heterocycles. The minimum absolute atomic E-state index is 0.314. The maximum absolute atomic E-state index is 14.3. The van der Waals surface area contributed by atoms with E-state index in [2.05, 4.69) is 14.6 Å². The number of esters is 2. The van der Waals surface area contributed by atoms with E-state index in [1.807, 2.05) is 0 Å². The van der Waals surface area contributed by atoms with Crippen molar-refractivity contribution in [2.24, 2.45) is 5.16 Å². The lowest BCUT2D eigenvalue weighted by Gasteiger charge is -2.17. The second-order valence-electron chi connectivity index (χ2n) is 9.82. The number of hydrogen-bond acceptors (Lipinski definition) is 7. The van der Waals surface area contributed by atoms with Crippen LogP contribution < -0.4 is 5.32 Å². The molecule has 0 radical (unpaired) electrons. The molecule has 0 aromatic heterocycles. The first-order valence-corrected chi connectivity index (χ1v) is 13.5. The fraction of sp³-hybridized carbons (Fsp3) is 0.290. The average Bonchev–Trinajstić information content (AvgIpc) is 3.04. The largest absolute Gasteiger partial charge is 0.465 e. The number of carbonyl (C=O) groups excluding carboxylic acids is 3. The van der Waals surface area contributed by atoms with E-state index in [1.54, 1.807) is 48.5 Å². The fourth-order valence-corrected chi connectivity index (χ4v) is 4.15. The number of oxime groups is 1. The monoisotopic (exact) mass is 656 g/mol. The summed E-state index contributed by atoms with van der Waals surface area (Å²) in [6.07, 6.45) is -4.98. The Morgan fingerprint density at radius 3 is 1.52 bits per heavy atom. The van der Waals surface area contributed by atoms with Crippen LogP contribution in [0.5, 0.6) is 0 Å². The van der Waals surface area contributed by atoms with Gasteiger partial charge in [-0.25, -0.2) is 27.2 Å². The van der Waals surface area contributed by atoms with Crippen LogP contribution in [0, 0.1) is 23.3 Å². The van der Waals surface area contributed by atoms with Crippen LogP contribution in [0.15, 0.2) is 53.7 Å². The lowest BCUT2D eigenvalue weighted by atomic mass is 10.00. The van der Waals surface area contributed by atoms with Crippen molar-refractivity contribution in [3.05, 3.63) is 99.6 Å². The van der Waals surface area contributed by atoms with Crippen molar-refractivity contribution in [2.45, 2.75) is 44.9 Å². The highest BCUT2D eigenvalue weighted by Gasteiger charge is 2.42. The standard InChI is InChI=1S/C31H27F7N2O6/c1-16(28(41)39-27-25(34)23(32)22(31(36,37)38)24(33)26(27)35)40-46-21(14-8-17-4-10-19(11-5-17)29(42)44-2)15-9-18-6-12-20(13-7-18)30(43)45-3/h4-7,10-13,21H,8-9,14-15H2,1-3H3,(H,39,41)/b40-16+. The molecule has 8 nitrogen and oxygen atoms in total. The first kappa shape index (κ1) is 35.5. The van der Waals surface area contributed by atoms with E-state index >= 15 is 0 Å². The summed E-state index contributed by atoms with van der Waals surface area (Å²) in [6.45, 7) is 1.04. The molecule has 46 heavy (non-hydrogen) atoms. The van der Waals surface area contributed by atoms with Gasteiger partial charge in [-0.15, -0.1) is 0 Å². The first-order chi connectivity index (χ1) is 21.7. The molecule has 0 saturated carbocycles. The zero-order valence-corrected chi connectivity index (χ0v) is 24.6. The predicted molar refractivity (Wildman–Crippen MR) is 150 cm³/mol. The third-order valence-electron chi connectivity index (χ3n) is 6.71. The number of alkyl halides is 3. The van der Waals surface area contributed by atoms with Gasteiger partial charge in [0, 0.05) is 0 Å². The van der Waals surface area contributed by atoms with E-state index in [-0.39, 0.29) is 0 Å². The SMILES string of the molecule is COC(=O)c1ccc(CCC(CCc2ccc(C(=O)OC)cc2)O/N=C(\C)C(=O)Nc2c(F)c(F)c(C(F)(F)F)c(F)c2F)cc1. The first-order valence-electron chi connectivity index (χ1n) is 13.5. The molecule has 0 saturated heterocycles. The number of carbonyl (C=O) groups is 3. The molecule has 0 bridgehead atoms. The maximum Gasteiger partial charge on any atom is 0.422 e. The average molecular weight is 657 g/mol. The highest BCUT2D eigenvalue weighted by Crippen LogP contribution is 2.38. The van der Waals surface area contributed by atoms with Crippen molar-refractivity contribution in [1.82, 2.24) is 0 Å². The normalized spacial score (nSPS) is 11.8. The number of hydrogen-bond donors (Lipinski definition) is 1. The molecule has 0 aliphatic carbocycles. The molecule has 0 fully saturated rings. The van der Waals surface area contributed by atoms with Crippen LogP contribution in [0.3, 0.4) is 0 Å². The van der Waals surface area contributed by atoms with Gasteiger partial charge in [-0.1, -0.05) is 29.4 Å². The number of amides is 1. The second kappa shape index (κ2) is 15.4. The summed E-state index contributed by atoms with van der Waals surface area (Å²) in [5.74, 6) is -12.8. The van der Waals surface area contributed by atoms with Crippen LogP contribution in [0.4, 0.5) is 36.4 Å². The number of aryl methyl sites for hydroxylation is 2. The van der Waals surface area contributed by atoms with Gasteiger partial charge < -0.3 is 19.6 Å². The molecule has 246 valence electrons. The molecule has 1 N–H and O–H groups in total. The number of rotatable bonds is 12. The fourth-order valence-electron chi connectivity index (χ4n) is 4.15. The van der Waals surface area contributed by atoms with E-state index in [4.69, 9.17) is 4.84 Å². The van der Waals surface area contributed by atoms with Gasteiger partial charge in [0.1, 0.15) is 23.1 Å². The van der Waals surface area contributed by atoms with E-state index in [9.17, 15) is 45.1 Å². The van der Waals surface area contributed by atoms with Gasteiger partial charge in [0.2, 0.25) is 0 Å². The number of methoxy groups -OCH3 is 2. The van der Waals surface area contributed by atoms with Crippen molar-refractivity contribution in [1.29, 1.82) is 0 Å². The van der Waals surface area contributed by atoms with Gasteiger partial charge >= 0.3 is 18.1 Å². The van der Waals surface area contributed by atoms with Crippen molar-refractivity contribution < 1.29 is 59.4 Å². The van der Waals surface area contributed by atoms with Crippen LogP contribution in [0.25, 0.3) is 0 Å². The van der Waals surface area contributed by atoms with E-state index in [1.165, 1.54) is 19.5 Å². The summed E-state index contributed by atoms with van der Waals surface area (Å²) >= 11 is 0. The predicted octanol–water partition coefficient (Wildman–Crippen LogP) is 6.80. The minimum atomic E-state index is -5.74. The smallest absolute Gasteiger partial charge is 0.422 e. The Kier molecular flexibility index (Phi) is 11.9. The molecule has 15 heteroatoms. The van der Waals surface area contributed by atoms with Crippen molar-refractivity contribution in [3.63, 3.8) is 0 Å². The molecule has 0 atom stereocenters. The summed E-state index contributed by atoms with van der Waals surface area (Å²) in [7, 11) is 2.49. The number of nitrogens with zero attached hydrogens (tertiary/aromatic N) is 1. The molecular formula is C31H27F7N2O6. The van der Waals surface area contributed by atoms with Gasteiger partial charge in [-0.05, 0) is 68.0 Å². The molecule has 0 spiro atoms. The maximum atomic E-state index is 14.3. The quantitative estimate of drug-likeness (QED) is 0.0757. The van der Waals surface area contributed by atoms with E-state index in [0.29, 0.717) is 36.8 Å². The number of benzene rings is 3. The van der Waals surface area contributed by atoms with Gasteiger partial charge in [-0.2, -0.15) is 13.2 Å². The Morgan fingerprint density at radius 1 is 0.739 bits per heavy atom. The van der Waals surface area contributed by atoms with Crippen LogP contribution in [0.1, 0.15) is 57.2 Å².